The zero-order valence-electron chi connectivity index (χ0n) is 30.3. The summed E-state index contributed by atoms with van der Waals surface area (Å²) in [7, 11) is 3.74. The maximum atomic E-state index is 13.4. The van der Waals surface area contributed by atoms with Crippen LogP contribution < -0.4 is 19.7 Å². The van der Waals surface area contributed by atoms with Crippen LogP contribution in [0.3, 0.4) is 0 Å². The number of aryl methyl sites for hydroxylation is 1. The molecular weight excluding hydrogens is 793 g/mol. The molecule has 3 aromatic rings. The molecule has 14 nitrogen and oxygen atoms in total. The van der Waals surface area contributed by atoms with E-state index in [-0.39, 0.29) is 11.8 Å². The predicted octanol–water partition coefficient (Wildman–Crippen LogP) is 6.02. The summed E-state index contributed by atoms with van der Waals surface area (Å²) in [6.45, 7) is 6.60. The van der Waals surface area contributed by atoms with E-state index in [9.17, 15) is 44.3 Å². The molecule has 1 amide bonds. The number of hydrogen-bond acceptors (Lipinski definition) is 9. The summed E-state index contributed by atoms with van der Waals surface area (Å²) in [5.41, 5.74) is 5.96. The van der Waals surface area contributed by atoms with Gasteiger partial charge < -0.3 is 39.9 Å². The average molecular weight is 832 g/mol. The summed E-state index contributed by atoms with van der Waals surface area (Å²) < 4.78 is 106. The number of carboxylic acids is 3. The van der Waals surface area contributed by atoms with Gasteiger partial charge in [0.05, 0.1) is 30.6 Å². The van der Waals surface area contributed by atoms with Gasteiger partial charge in [-0.15, -0.1) is 0 Å². The number of hydrogen-bond donors (Lipinski definition) is 5. The zero-order chi connectivity index (χ0) is 43.3. The van der Waals surface area contributed by atoms with Crippen LogP contribution >= 0.6 is 0 Å². The van der Waals surface area contributed by atoms with Crippen molar-refractivity contribution in [3.63, 3.8) is 0 Å². The van der Waals surface area contributed by atoms with Crippen molar-refractivity contribution in [2.45, 2.75) is 44.7 Å². The fraction of sp³-hybridized carbons (Fsp3) is 0.441. The van der Waals surface area contributed by atoms with Crippen LogP contribution in [-0.4, -0.2) is 120 Å². The van der Waals surface area contributed by atoms with E-state index in [1.807, 2.05) is 43.5 Å². The standard InChI is InChI=1S/C28H35N5O3.3C2HF3O2/c1-19-24(17-29-31-19)20-6-8-25(26(16-20)32(2)12-13-33-10-4-5-11-33)30-28(34)22-14-21-15-23(35-3)7-9-27(21)36-18-22;3*3-2(4,5)1(6)7/h6-9,15-17,22H,4-5,10-14,18H2,1-3H3,(H,29,31)(H,30,34);3*(H,6,7). The highest BCUT2D eigenvalue weighted by atomic mass is 19.4. The van der Waals surface area contributed by atoms with Gasteiger partial charge in [-0.3, -0.25) is 9.89 Å². The number of likely N-dealkylation sites (N-methyl/N-ethyl adjacent to an activating group) is 1. The number of amides is 1. The molecule has 0 spiro atoms. The highest BCUT2D eigenvalue weighted by Gasteiger charge is 2.39. The number of carbonyl (C=O) groups excluding carboxylic acids is 1. The number of rotatable bonds is 8. The number of aromatic amines is 1. The minimum atomic E-state index is -5.08. The Morgan fingerprint density at radius 1 is 0.912 bits per heavy atom. The molecule has 5 N–H and O–H groups in total. The van der Waals surface area contributed by atoms with Crippen molar-refractivity contribution in [3.8, 4) is 22.6 Å². The van der Waals surface area contributed by atoms with Crippen molar-refractivity contribution in [2.24, 2.45) is 5.92 Å². The van der Waals surface area contributed by atoms with Gasteiger partial charge in [-0.25, -0.2) is 14.4 Å². The van der Waals surface area contributed by atoms with E-state index < -0.39 is 36.4 Å². The highest BCUT2D eigenvalue weighted by Crippen LogP contribution is 2.35. The maximum absolute atomic E-state index is 13.4. The summed E-state index contributed by atoms with van der Waals surface area (Å²) in [4.78, 5) is 44.8. The number of nitrogens with zero attached hydrogens (tertiary/aromatic N) is 3. The number of nitrogens with one attached hydrogen (secondary N) is 2. The quantitative estimate of drug-likeness (QED) is 0.166. The summed E-state index contributed by atoms with van der Waals surface area (Å²) in [5, 5.41) is 31.8. The second kappa shape index (κ2) is 20.4. The minimum absolute atomic E-state index is 0.0371. The number of carboxylic acid groups (broad SMARTS) is 3. The Hall–Kier alpha value is -5.74. The normalized spacial score (nSPS) is 15.1. The Balaban J connectivity index is 0.000000438. The van der Waals surface area contributed by atoms with Gasteiger partial charge in [0.25, 0.3) is 0 Å². The third-order valence-electron chi connectivity index (χ3n) is 8.03. The van der Waals surface area contributed by atoms with Crippen LogP contribution in [0.2, 0.25) is 0 Å². The topological polar surface area (TPSA) is 195 Å². The summed E-state index contributed by atoms with van der Waals surface area (Å²) in [6, 6.07) is 11.9. The van der Waals surface area contributed by atoms with Gasteiger partial charge in [0.2, 0.25) is 5.91 Å². The molecule has 2 aliphatic heterocycles. The zero-order valence-corrected chi connectivity index (χ0v) is 30.3. The summed E-state index contributed by atoms with van der Waals surface area (Å²) >= 11 is 0. The van der Waals surface area contributed by atoms with Crippen LogP contribution in [0.5, 0.6) is 11.5 Å². The van der Waals surface area contributed by atoms with Crippen LogP contribution in [0, 0.1) is 12.8 Å². The number of aromatic nitrogens is 2. The van der Waals surface area contributed by atoms with Crippen molar-refractivity contribution < 1.29 is 83.5 Å². The molecule has 1 saturated heterocycles. The van der Waals surface area contributed by atoms with Crippen molar-refractivity contribution in [2.75, 3.05) is 57.2 Å². The van der Waals surface area contributed by atoms with Gasteiger partial charge in [-0.1, -0.05) is 6.07 Å². The smallest absolute Gasteiger partial charge is 0.490 e. The molecule has 5 rings (SSSR count). The van der Waals surface area contributed by atoms with E-state index >= 15 is 0 Å². The molecule has 0 aliphatic carbocycles. The predicted molar refractivity (Wildman–Crippen MR) is 183 cm³/mol. The number of aliphatic carboxylic acids is 3. The van der Waals surface area contributed by atoms with Crippen molar-refractivity contribution in [3.05, 3.63) is 53.9 Å². The number of carbonyl (C=O) groups is 4. The molecule has 316 valence electrons. The van der Waals surface area contributed by atoms with Crippen molar-refractivity contribution >= 4 is 35.2 Å². The fourth-order valence-electron chi connectivity index (χ4n) is 5.08. The van der Waals surface area contributed by atoms with E-state index in [1.54, 1.807) is 7.11 Å². The number of fused-ring (bicyclic) bond motifs is 1. The van der Waals surface area contributed by atoms with Crippen molar-refractivity contribution in [1.82, 2.24) is 15.1 Å². The Kier molecular flexibility index (Phi) is 17.0. The molecule has 1 unspecified atom stereocenters. The van der Waals surface area contributed by atoms with Gasteiger partial charge in [-0.2, -0.15) is 44.6 Å². The minimum Gasteiger partial charge on any atom is -0.497 e. The third kappa shape index (κ3) is 15.4. The number of halogens is 9. The molecule has 2 aromatic carbocycles. The first kappa shape index (κ1) is 47.4. The summed E-state index contributed by atoms with van der Waals surface area (Å²) in [6.07, 6.45) is -10.2. The van der Waals surface area contributed by atoms with Crippen LogP contribution in [0.1, 0.15) is 24.1 Å². The first-order valence-electron chi connectivity index (χ1n) is 16.4. The third-order valence-corrected chi connectivity index (χ3v) is 8.03. The molecule has 1 aromatic heterocycles. The molecule has 0 radical (unpaired) electrons. The lowest BCUT2D eigenvalue weighted by Crippen LogP contribution is -2.34. The van der Waals surface area contributed by atoms with Crippen molar-refractivity contribution in [1.29, 1.82) is 0 Å². The van der Waals surface area contributed by atoms with Crippen LogP contribution in [0.4, 0.5) is 50.9 Å². The number of likely N-dealkylation sites (tertiary alicyclic amines) is 1. The largest absolute Gasteiger partial charge is 0.497 e. The van der Waals surface area contributed by atoms with Crippen LogP contribution in [0.15, 0.2) is 42.6 Å². The highest BCUT2D eigenvalue weighted by molar-refractivity contribution is 5.97. The number of ether oxygens (including phenoxy) is 2. The molecule has 1 fully saturated rings. The number of methoxy groups -OCH3 is 1. The van der Waals surface area contributed by atoms with E-state index in [0.717, 1.165) is 58.3 Å². The van der Waals surface area contributed by atoms with Gasteiger partial charge in [0.1, 0.15) is 18.1 Å². The molecular formula is C34H38F9N5O9. The summed E-state index contributed by atoms with van der Waals surface area (Å²) in [5.74, 6) is -6.99. The average Bonchev–Trinajstić information content (AvgIpc) is 3.81. The van der Waals surface area contributed by atoms with E-state index in [0.29, 0.717) is 13.0 Å². The van der Waals surface area contributed by atoms with Crippen LogP contribution in [0.25, 0.3) is 11.1 Å². The Bertz CT molecular complexity index is 1770. The second-order valence-corrected chi connectivity index (χ2v) is 12.2. The number of alkyl halides is 9. The van der Waals surface area contributed by atoms with E-state index in [4.69, 9.17) is 39.2 Å². The Morgan fingerprint density at radius 3 is 1.93 bits per heavy atom. The number of anilines is 2. The van der Waals surface area contributed by atoms with E-state index in [1.165, 1.54) is 25.9 Å². The number of benzene rings is 2. The van der Waals surface area contributed by atoms with Gasteiger partial charge in [0.15, 0.2) is 0 Å². The molecule has 0 bridgehead atoms. The first-order chi connectivity index (χ1) is 26.3. The fourth-order valence-corrected chi connectivity index (χ4v) is 5.08. The molecule has 57 heavy (non-hydrogen) atoms. The Morgan fingerprint density at radius 2 is 1.46 bits per heavy atom. The molecule has 23 heteroatoms. The lowest BCUT2D eigenvalue weighted by Gasteiger charge is -2.28. The monoisotopic (exact) mass is 831 g/mol. The molecule has 2 aliphatic rings. The van der Waals surface area contributed by atoms with Crippen LogP contribution in [-0.2, 0) is 25.6 Å². The second-order valence-electron chi connectivity index (χ2n) is 12.2. The lowest BCUT2D eigenvalue weighted by molar-refractivity contribution is -0.193. The Labute approximate surface area is 318 Å². The molecule has 0 saturated carbocycles. The molecule has 3 heterocycles. The van der Waals surface area contributed by atoms with Gasteiger partial charge in [-0.05, 0) is 80.7 Å². The maximum Gasteiger partial charge on any atom is 0.490 e. The first-order valence-corrected chi connectivity index (χ1v) is 16.4. The lowest BCUT2D eigenvalue weighted by atomic mass is 9.95. The van der Waals surface area contributed by atoms with Gasteiger partial charge in [0, 0.05) is 31.4 Å². The SMILES string of the molecule is COc1ccc2c(c1)CC(C(=O)Nc1ccc(-c3cn[nH]c3C)cc1N(C)CCN1CCCC1)CO2.O=C(O)C(F)(F)F.O=C(O)C(F)(F)F.O=C(O)C(F)(F)F. The number of H-pyrrole nitrogens is 1. The molecule has 1 atom stereocenters. The van der Waals surface area contributed by atoms with Gasteiger partial charge >= 0.3 is 36.4 Å². The van der Waals surface area contributed by atoms with E-state index in [2.05, 4.69) is 38.4 Å².